The van der Waals surface area contributed by atoms with Crippen LogP contribution in [0, 0.1) is 5.92 Å². The fraction of sp³-hybridized carbons (Fsp3) is 0.818. The zero-order chi connectivity index (χ0) is 11.7. The quantitative estimate of drug-likeness (QED) is 0.704. The molecular weight excluding hydrogens is 208 g/mol. The highest BCUT2D eigenvalue weighted by Gasteiger charge is 2.38. The van der Waals surface area contributed by atoms with Gasteiger partial charge in [-0.1, -0.05) is 0 Å². The van der Waals surface area contributed by atoms with Crippen molar-refractivity contribution in [1.29, 1.82) is 0 Å². The molecule has 2 aliphatic rings. The second kappa shape index (κ2) is 4.41. The van der Waals surface area contributed by atoms with Gasteiger partial charge in [0.1, 0.15) is 6.04 Å². The summed E-state index contributed by atoms with van der Waals surface area (Å²) in [6.45, 7) is 0.585. The highest BCUT2D eigenvalue weighted by atomic mass is 16.4. The summed E-state index contributed by atoms with van der Waals surface area (Å²) in [6, 6.07) is -0.496. The third-order valence-corrected chi connectivity index (χ3v) is 3.64. The molecule has 3 atom stereocenters. The molecule has 0 radical (unpaired) electrons. The molecule has 5 nitrogen and oxygen atoms in total. The molecule has 1 saturated heterocycles. The number of carbonyl (C=O) groups is 2. The van der Waals surface area contributed by atoms with Crippen LogP contribution in [0.1, 0.15) is 32.1 Å². The summed E-state index contributed by atoms with van der Waals surface area (Å²) in [5.74, 6) is -0.930. The van der Waals surface area contributed by atoms with E-state index in [4.69, 9.17) is 10.8 Å². The van der Waals surface area contributed by atoms with Crippen molar-refractivity contribution in [3.05, 3.63) is 0 Å². The number of rotatable bonds is 2. The molecule has 90 valence electrons. The molecule has 0 spiro atoms. The number of hydrogen-bond acceptors (Lipinski definition) is 3. The Bertz CT molecular complexity index is 306. The Morgan fingerprint density at radius 1 is 1.25 bits per heavy atom. The van der Waals surface area contributed by atoms with Crippen molar-refractivity contribution in [2.24, 2.45) is 11.7 Å². The van der Waals surface area contributed by atoms with Crippen LogP contribution in [0.3, 0.4) is 0 Å². The highest BCUT2D eigenvalue weighted by Crippen LogP contribution is 2.29. The third kappa shape index (κ3) is 2.04. The van der Waals surface area contributed by atoms with Gasteiger partial charge in [0.05, 0.1) is 0 Å². The van der Waals surface area contributed by atoms with Gasteiger partial charge in [-0.15, -0.1) is 0 Å². The molecule has 0 aromatic carbocycles. The van der Waals surface area contributed by atoms with E-state index < -0.39 is 12.0 Å². The summed E-state index contributed by atoms with van der Waals surface area (Å²) in [7, 11) is 0. The molecule has 1 saturated carbocycles. The van der Waals surface area contributed by atoms with E-state index in [0.29, 0.717) is 19.4 Å². The molecule has 1 aliphatic carbocycles. The zero-order valence-electron chi connectivity index (χ0n) is 9.26. The van der Waals surface area contributed by atoms with Crippen molar-refractivity contribution in [3.8, 4) is 0 Å². The van der Waals surface area contributed by atoms with E-state index in [1.807, 2.05) is 0 Å². The van der Waals surface area contributed by atoms with Crippen LogP contribution in [0.25, 0.3) is 0 Å². The fourth-order valence-electron chi connectivity index (χ4n) is 2.76. The fourth-order valence-corrected chi connectivity index (χ4v) is 2.76. The van der Waals surface area contributed by atoms with Crippen LogP contribution in [0.4, 0.5) is 0 Å². The molecule has 0 aromatic rings. The van der Waals surface area contributed by atoms with E-state index in [1.54, 1.807) is 0 Å². The predicted molar refractivity (Wildman–Crippen MR) is 57.7 cm³/mol. The van der Waals surface area contributed by atoms with Crippen LogP contribution < -0.4 is 5.73 Å². The SMILES string of the molecule is NC1CCC(C(=O)N2CCC[C@H]2C(=O)O)C1. The first-order valence-corrected chi connectivity index (χ1v) is 5.88. The molecule has 1 aliphatic heterocycles. The lowest BCUT2D eigenvalue weighted by atomic mass is 10.1. The van der Waals surface area contributed by atoms with Crippen LogP contribution in [0.5, 0.6) is 0 Å². The lowest BCUT2D eigenvalue weighted by molar-refractivity contribution is -0.149. The second-order valence-electron chi connectivity index (χ2n) is 4.80. The van der Waals surface area contributed by atoms with Crippen molar-refractivity contribution >= 4 is 11.9 Å². The summed E-state index contributed by atoms with van der Waals surface area (Å²) in [5.41, 5.74) is 5.77. The van der Waals surface area contributed by atoms with Crippen molar-refractivity contribution in [3.63, 3.8) is 0 Å². The molecule has 1 amide bonds. The molecule has 0 aromatic heterocycles. The Balaban J connectivity index is 2.01. The van der Waals surface area contributed by atoms with Crippen molar-refractivity contribution in [1.82, 2.24) is 4.90 Å². The normalized spacial score (nSPS) is 34.3. The van der Waals surface area contributed by atoms with Crippen LogP contribution >= 0.6 is 0 Å². The Morgan fingerprint density at radius 2 is 2.00 bits per heavy atom. The van der Waals surface area contributed by atoms with E-state index in [2.05, 4.69) is 0 Å². The number of likely N-dealkylation sites (tertiary alicyclic amines) is 1. The van der Waals surface area contributed by atoms with Crippen molar-refractivity contribution in [2.45, 2.75) is 44.2 Å². The van der Waals surface area contributed by atoms with Gasteiger partial charge in [-0.3, -0.25) is 4.79 Å². The molecule has 2 unspecified atom stereocenters. The van der Waals surface area contributed by atoms with E-state index in [9.17, 15) is 9.59 Å². The minimum Gasteiger partial charge on any atom is -0.480 e. The maximum atomic E-state index is 12.1. The molecule has 3 N–H and O–H groups in total. The van der Waals surface area contributed by atoms with Crippen LogP contribution in [0.2, 0.25) is 0 Å². The van der Waals surface area contributed by atoms with Crippen LogP contribution in [-0.4, -0.2) is 40.5 Å². The van der Waals surface area contributed by atoms with Gasteiger partial charge in [0.2, 0.25) is 5.91 Å². The van der Waals surface area contributed by atoms with Crippen LogP contribution in [-0.2, 0) is 9.59 Å². The lowest BCUT2D eigenvalue weighted by Gasteiger charge is -2.24. The minimum absolute atomic E-state index is 0.00199. The predicted octanol–water partition coefficient (Wildman–Crippen LogP) is 0.189. The summed E-state index contributed by atoms with van der Waals surface area (Å²) in [6.07, 6.45) is 3.77. The summed E-state index contributed by atoms with van der Waals surface area (Å²) in [4.78, 5) is 24.6. The number of carboxylic acid groups (broad SMARTS) is 1. The maximum Gasteiger partial charge on any atom is 0.326 e. The van der Waals surface area contributed by atoms with Crippen molar-refractivity contribution < 1.29 is 14.7 Å². The van der Waals surface area contributed by atoms with Gasteiger partial charge in [-0.25, -0.2) is 4.79 Å². The molecular formula is C11H18N2O3. The molecule has 2 rings (SSSR count). The molecule has 16 heavy (non-hydrogen) atoms. The van der Waals surface area contributed by atoms with Crippen molar-refractivity contribution in [2.75, 3.05) is 6.54 Å². The first kappa shape index (κ1) is 11.4. The van der Waals surface area contributed by atoms with Crippen LogP contribution in [0.15, 0.2) is 0 Å². The molecule has 5 heteroatoms. The smallest absolute Gasteiger partial charge is 0.326 e. The molecule has 1 heterocycles. The Hall–Kier alpha value is -1.10. The number of carboxylic acids is 1. The van der Waals surface area contributed by atoms with Gasteiger partial charge in [0.25, 0.3) is 0 Å². The van der Waals surface area contributed by atoms with Gasteiger partial charge >= 0.3 is 5.97 Å². The Morgan fingerprint density at radius 3 is 2.56 bits per heavy atom. The summed E-state index contributed by atoms with van der Waals surface area (Å²) in [5, 5.41) is 9.01. The topological polar surface area (TPSA) is 83.6 Å². The standard InChI is InChI=1S/C11H18N2O3/c12-8-4-3-7(6-8)10(14)13-5-1-2-9(13)11(15)16/h7-9H,1-6,12H2,(H,15,16)/t7?,8?,9-/m0/s1. The second-order valence-corrected chi connectivity index (χ2v) is 4.80. The van der Waals surface area contributed by atoms with Gasteiger partial charge in [0, 0.05) is 18.5 Å². The van der Waals surface area contributed by atoms with Gasteiger partial charge in [-0.2, -0.15) is 0 Å². The van der Waals surface area contributed by atoms with Gasteiger partial charge in [0.15, 0.2) is 0 Å². The number of carbonyl (C=O) groups excluding carboxylic acids is 1. The summed E-state index contributed by atoms with van der Waals surface area (Å²) >= 11 is 0. The zero-order valence-corrected chi connectivity index (χ0v) is 9.26. The highest BCUT2D eigenvalue weighted by molar-refractivity contribution is 5.85. The summed E-state index contributed by atoms with van der Waals surface area (Å²) < 4.78 is 0. The average Bonchev–Trinajstić information content (AvgIpc) is 2.84. The number of nitrogens with two attached hydrogens (primary N) is 1. The number of nitrogens with zero attached hydrogens (tertiary/aromatic N) is 1. The Kier molecular flexibility index (Phi) is 3.14. The Labute approximate surface area is 94.6 Å². The van der Waals surface area contributed by atoms with E-state index in [1.165, 1.54) is 4.90 Å². The lowest BCUT2D eigenvalue weighted by Crippen LogP contribution is -2.43. The maximum absolute atomic E-state index is 12.1. The third-order valence-electron chi connectivity index (χ3n) is 3.64. The van der Waals surface area contributed by atoms with E-state index in [-0.39, 0.29) is 17.9 Å². The number of amides is 1. The molecule has 0 bridgehead atoms. The average molecular weight is 226 g/mol. The monoisotopic (exact) mass is 226 g/mol. The van der Waals surface area contributed by atoms with E-state index >= 15 is 0 Å². The largest absolute Gasteiger partial charge is 0.480 e. The van der Waals surface area contributed by atoms with Gasteiger partial charge in [-0.05, 0) is 32.1 Å². The first-order valence-electron chi connectivity index (χ1n) is 5.88. The van der Waals surface area contributed by atoms with E-state index in [0.717, 1.165) is 19.3 Å². The first-order chi connectivity index (χ1) is 7.59. The number of hydrogen-bond donors (Lipinski definition) is 2. The minimum atomic E-state index is -0.881. The number of aliphatic carboxylic acids is 1. The molecule has 2 fully saturated rings. The van der Waals surface area contributed by atoms with Gasteiger partial charge < -0.3 is 15.7 Å².